The van der Waals surface area contributed by atoms with Gasteiger partial charge in [0.25, 0.3) is 0 Å². The molecule has 1 fully saturated rings. The molecule has 11 heavy (non-hydrogen) atoms. The fraction of sp³-hybridized carbons (Fsp3) is 0.900. The minimum absolute atomic E-state index is 0.345. The molecule has 0 heterocycles. The second-order valence-electron chi connectivity index (χ2n) is 4.10. The number of rotatable bonds is 2. The Morgan fingerprint density at radius 3 is 2.18 bits per heavy atom. The number of carbonyl (C=O) groups is 1. The van der Waals surface area contributed by atoms with Crippen molar-refractivity contribution in [2.75, 3.05) is 0 Å². The molecule has 0 bridgehead atoms. The minimum Gasteiger partial charge on any atom is -0.303 e. The highest BCUT2D eigenvalue weighted by molar-refractivity contribution is 5.50. The molecule has 0 aliphatic heterocycles. The van der Waals surface area contributed by atoms with Crippen LogP contribution in [0, 0.1) is 5.41 Å². The van der Waals surface area contributed by atoms with Crippen LogP contribution in [-0.2, 0) is 4.79 Å². The molecule has 1 aliphatic rings. The quantitative estimate of drug-likeness (QED) is 0.441. The summed E-state index contributed by atoms with van der Waals surface area (Å²) in [7, 11) is 0. The zero-order valence-electron chi connectivity index (χ0n) is 7.44. The van der Waals surface area contributed by atoms with Gasteiger partial charge in [0.2, 0.25) is 0 Å². The first kappa shape index (κ1) is 8.76. The SMILES string of the molecule is CC1(CC=O)CCCCCC1. The Kier molecular flexibility index (Phi) is 3.10. The molecule has 0 amide bonds. The molecule has 0 saturated heterocycles. The highest BCUT2D eigenvalue weighted by Crippen LogP contribution is 2.36. The molecule has 0 atom stereocenters. The number of carbonyl (C=O) groups excluding carboxylic acids is 1. The van der Waals surface area contributed by atoms with Crippen LogP contribution in [-0.4, -0.2) is 6.29 Å². The first-order valence-electron chi connectivity index (χ1n) is 4.70. The molecule has 0 N–H and O–H groups in total. The number of hydrogen-bond donors (Lipinski definition) is 0. The first-order valence-corrected chi connectivity index (χ1v) is 4.70. The molecule has 0 aromatic heterocycles. The van der Waals surface area contributed by atoms with Crippen molar-refractivity contribution in [1.82, 2.24) is 0 Å². The third-order valence-electron chi connectivity index (χ3n) is 2.89. The minimum atomic E-state index is 0.345. The summed E-state index contributed by atoms with van der Waals surface area (Å²) in [5, 5.41) is 0. The van der Waals surface area contributed by atoms with Crippen LogP contribution in [0.1, 0.15) is 51.9 Å². The van der Waals surface area contributed by atoms with Crippen LogP contribution < -0.4 is 0 Å². The Bertz CT molecular complexity index is 121. The molecule has 1 saturated carbocycles. The highest BCUT2D eigenvalue weighted by atomic mass is 16.1. The van der Waals surface area contributed by atoms with Gasteiger partial charge in [-0.1, -0.05) is 32.6 Å². The van der Waals surface area contributed by atoms with Crippen molar-refractivity contribution in [2.24, 2.45) is 5.41 Å². The highest BCUT2D eigenvalue weighted by Gasteiger charge is 2.24. The van der Waals surface area contributed by atoms with Crippen LogP contribution in [0.5, 0.6) is 0 Å². The van der Waals surface area contributed by atoms with E-state index in [9.17, 15) is 4.79 Å². The maximum Gasteiger partial charge on any atom is 0.120 e. The predicted octanol–water partition coefficient (Wildman–Crippen LogP) is 2.94. The van der Waals surface area contributed by atoms with Gasteiger partial charge in [-0.3, -0.25) is 0 Å². The third kappa shape index (κ3) is 2.64. The molecule has 0 unspecified atom stereocenters. The van der Waals surface area contributed by atoms with Gasteiger partial charge in [-0.05, 0) is 18.3 Å². The van der Waals surface area contributed by atoms with E-state index in [0.29, 0.717) is 5.41 Å². The smallest absolute Gasteiger partial charge is 0.120 e. The fourth-order valence-electron chi connectivity index (χ4n) is 1.99. The van der Waals surface area contributed by atoms with E-state index in [1.165, 1.54) is 38.5 Å². The summed E-state index contributed by atoms with van der Waals surface area (Å²) in [4.78, 5) is 10.4. The topological polar surface area (TPSA) is 17.1 Å². The van der Waals surface area contributed by atoms with Gasteiger partial charge in [0.05, 0.1) is 0 Å². The van der Waals surface area contributed by atoms with Gasteiger partial charge in [0, 0.05) is 6.42 Å². The second kappa shape index (κ2) is 3.89. The largest absolute Gasteiger partial charge is 0.303 e. The molecule has 1 nitrogen and oxygen atoms in total. The first-order chi connectivity index (χ1) is 5.27. The van der Waals surface area contributed by atoms with E-state index in [1.54, 1.807) is 0 Å². The Hall–Kier alpha value is -0.330. The van der Waals surface area contributed by atoms with Gasteiger partial charge in [0.1, 0.15) is 6.29 Å². The molecule has 64 valence electrons. The lowest BCUT2D eigenvalue weighted by molar-refractivity contribution is -0.109. The van der Waals surface area contributed by atoms with Crippen LogP contribution in [0.25, 0.3) is 0 Å². The molecule has 1 aliphatic carbocycles. The Morgan fingerprint density at radius 2 is 1.73 bits per heavy atom. The molecule has 0 radical (unpaired) electrons. The summed E-state index contributed by atoms with van der Waals surface area (Å²) < 4.78 is 0. The Balaban J connectivity index is 2.44. The molecule has 0 spiro atoms. The summed E-state index contributed by atoms with van der Waals surface area (Å²) >= 11 is 0. The van der Waals surface area contributed by atoms with E-state index in [0.717, 1.165) is 12.7 Å². The lowest BCUT2D eigenvalue weighted by Gasteiger charge is -2.24. The van der Waals surface area contributed by atoms with E-state index in [2.05, 4.69) is 6.92 Å². The molecular weight excluding hydrogens is 136 g/mol. The fourth-order valence-corrected chi connectivity index (χ4v) is 1.99. The van der Waals surface area contributed by atoms with E-state index in [1.807, 2.05) is 0 Å². The third-order valence-corrected chi connectivity index (χ3v) is 2.89. The van der Waals surface area contributed by atoms with Gasteiger partial charge in [0.15, 0.2) is 0 Å². The summed E-state index contributed by atoms with van der Waals surface area (Å²) in [6.07, 6.45) is 9.76. The van der Waals surface area contributed by atoms with Crippen LogP contribution in [0.15, 0.2) is 0 Å². The van der Waals surface area contributed by atoms with E-state index >= 15 is 0 Å². The van der Waals surface area contributed by atoms with E-state index in [-0.39, 0.29) is 0 Å². The van der Waals surface area contributed by atoms with Gasteiger partial charge < -0.3 is 4.79 Å². The molecule has 0 aromatic carbocycles. The predicted molar refractivity (Wildman–Crippen MR) is 46.5 cm³/mol. The molecule has 0 aromatic rings. The van der Waals surface area contributed by atoms with E-state index < -0.39 is 0 Å². The zero-order valence-corrected chi connectivity index (χ0v) is 7.44. The van der Waals surface area contributed by atoms with Crippen molar-refractivity contribution >= 4 is 6.29 Å². The zero-order chi connectivity index (χ0) is 8.16. The molecular formula is C10H18O. The van der Waals surface area contributed by atoms with Crippen LogP contribution >= 0.6 is 0 Å². The second-order valence-corrected chi connectivity index (χ2v) is 4.10. The van der Waals surface area contributed by atoms with Crippen LogP contribution in [0.4, 0.5) is 0 Å². The standard InChI is InChI=1S/C10H18O/c1-10(8-9-11)6-4-2-3-5-7-10/h9H,2-8H2,1H3. The maximum atomic E-state index is 10.4. The van der Waals surface area contributed by atoms with Gasteiger partial charge in [-0.2, -0.15) is 0 Å². The lowest BCUT2D eigenvalue weighted by atomic mass is 9.80. The Labute approximate surface area is 69.2 Å². The van der Waals surface area contributed by atoms with E-state index in [4.69, 9.17) is 0 Å². The van der Waals surface area contributed by atoms with Crippen molar-refractivity contribution in [3.63, 3.8) is 0 Å². The lowest BCUT2D eigenvalue weighted by Crippen LogP contribution is -2.15. The average molecular weight is 154 g/mol. The van der Waals surface area contributed by atoms with Gasteiger partial charge in [-0.15, -0.1) is 0 Å². The summed E-state index contributed by atoms with van der Waals surface area (Å²) in [5.41, 5.74) is 0.345. The van der Waals surface area contributed by atoms with Crippen molar-refractivity contribution < 1.29 is 4.79 Å². The van der Waals surface area contributed by atoms with Gasteiger partial charge >= 0.3 is 0 Å². The van der Waals surface area contributed by atoms with Crippen molar-refractivity contribution in [3.05, 3.63) is 0 Å². The van der Waals surface area contributed by atoms with Crippen LogP contribution in [0.2, 0.25) is 0 Å². The van der Waals surface area contributed by atoms with Crippen molar-refractivity contribution in [1.29, 1.82) is 0 Å². The normalized spacial score (nSPS) is 24.1. The van der Waals surface area contributed by atoms with Gasteiger partial charge in [-0.25, -0.2) is 0 Å². The molecule has 1 heteroatoms. The summed E-state index contributed by atoms with van der Waals surface area (Å²) in [6, 6.07) is 0. The summed E-state index contributed by atoms with van der Waals surface area (Å²) in [5.74, 6) is 0. The number of aldehydes is 1. The van der Waals surface area contributed by atoms with Crippen molar-refractivity contribution in [2.45, 2.75) is 51.9 Å². The average Bonchev–Trinajstić information content (AvgIpc) is 2.15. The maximum absolute atomic E-state index is 10.4. The molecule has 1 rings (SSSR count). The number of hydrogen-bond acceptors (Lipinski definition) is 1. The monoisotopic (exact) mass is 154 g/mol. The summed E-state index contributed by atoms with van der Waals surface area (Å²) in [6.45, 7) is 2.26. The Morgan fingerprint density at radius 1 is 1.18 bits per heavy atom. The van der Waals surface area contributed by atoms with Crippen LogP contribution in [0.3, 0.4) is 0 Å². The van der Waals surface area contributed by atoms with Crippen molar-refractivity contribution in [3.8, 4) is 0 Å².